The zero-order valence-electron chi connectivity index (χ0n) is 9.97. The number of rotatable bonds is 4. The molecule has 1 aromatic carbocycles. The number of hydrogen-bond acceptors (Lipinski definition) is 3. The van der Waals surface area contributed by atoms with Crippen molar-refractivity contribution in [2.45, 2.75) is 19.9 Å². The molecule has 2 unspecified atom stereocenters. The summed E-state index contributed by atoms with van der Waals surface area (Å²) in [5.41, 5.74) is 1.04. The van der Waals surface area contributed by atoms with Gasteiger partial charge in [-0.1, -0.05) is 6.92 Å². The quantitative estimate of drug-likeness (QED) is 0.822. The molecule has 90 valence electrons. The number of benzene rings is 1. The van der Waals surface area contributed by atoms with Crippen LogP contribution in [0.5, 0.6) is 0 Å². The van der Waals surface area contributed by atoms with Gasteiger partial charge in [-0.25, -0.2) is 0 Å². The molecule has 2 N–H and O–H groups in total. The molecule has 0 aromatic heterocycles. The van der Waals surface area contributed by atoms with E-state index in [1.54, 1.807) is 24.3 Å². The van der Waals surface area contributed by atoms with E-state index in [4.69, 9.17) is 10.4 Å². The highest BCUT2D eigenvalue weighted by Crippen LogP contribution is 2.06. The molecule has 0 bridgehead atoms. The van der Waals surface area contributed by atoms with Crippen LogP contribution in [0.1, 0.15) is 29.8 Å². The van der Waals surface area contributed by atoms with Gasteiger partial charge in [0.15, 0.2) is 0 Å². The van der Waals surface area contributed by atoms with Gasteiger partial charge in [-0.2, -0.15) is 5.26 Å². The molecule has 2 atom stereocenters. The summed E-state index contributed by atoms with van der Waals surface area (Å²) in [6.45, 7) is 3.75. The molecule has 1 aromatic rings. The topological polar surface area (TPSA) is 73.1 Å². The Kier molecular flexibility index (Phi) is 4.68. The number of aliphatic hydroxyl groups excluding tert-OH is 1. The Morgan fingerprint density at radius 2 is 2.00 bits per heavy atom. The Morgan fingerprint density at radius 3 is 2.47 bits per heavy atom. The average Bonchev–Trinajstić information content (AvgIpc) is 2.37. The molecule has 17 heavy (non-hydrogen) atoms. The normalized spacial score (nSPS) is 13.5. The smallest absolute Gasteiger partial charge is 0.251 e. The van der Waals surface area contributed by atoms with Crippen LogP contribution in [0.3, 0.4) is 0 Å². The van der Waals surface area contributed by atoms with Gasteiger partial charge in [0, 0.05) is 18.2 Å². The molecular formula is C13H16N2O2. The predicted octanol–water partition coefficient (Wildman–Crippen LogP) is 1.30. The highest BCUT2D eigenvalue weighted by atomic mass is 16.3. The summed E-state index contributed by atoms with van der Waals surface area (Å²) in [4.78, 5) is 11.8. The van der Waals surface area contributed by atoms with E-state index in [0.29, 0.717) is 11.1 Å². The Balaban J connectivity index is 2.67. The maximum Gasteiger partial charge on any atom is 0.251 e. The minimum atomic E-state index is -0.192. The van der Waals surface area contributed by atoms with Crippen LogP contribution < -0.4 is 5.32 Å². The van der Waals surface area contributed by atoms with Crippen molar-refractivity contribution in [3.63, 3.8) is 0 Å². The van der Waals surface area contributed by atoms with Crippen molar-refractivity contribution in [2.75, 3.05) is 6.61 Å². The maximum atomic E-state index is 11.8. The fourth-order valence-electron chi connectivity index (χ4n) is 1.29. The highest BCUT2D eigenvalue weighted by Gasteiger charge is 2.14. The van der Waals surface area contributed by atoms with Crippen molar-refractivity contribution in [3.05, 3.63) is 35.4 Å². The Morgan fingerprint density at radius 1 is 1.41 bits per heavy atom. The van der Waals surface area contributed by atoms with Crippen LogP contribution in [0.15, 0.2) is 24.3 Å². The van der Waals surface area contributed by atoms with Crippen molar-refractivity contribution in [1.82, 2.24) is 5.32 Å². The van der Waals surface area contributed by atoms with Crippen molar-refractivity contribution in [1.29, 1.82) is 5.26 Å². The van der Waals surface area contributed by atoms with Crippen molar-refractivity contribution >= 4 is 5.91 Å². The minimum absolute atomic E-state index is 0.0114. The molecule has 1 rings (SSSR count). The molecule has 0 aliphatic carbocycles. The molecule has 0 saturated carbocycles. The number of nitriles is 1. The van der Waals surface area contributed by atoms with Crippen LogP contribution in [-0.4, -0.2) is 23.7 Å². The number of nitrogens with zero attached hydrogens (tertiary/aromatic N) is 1. The molecule has 0 fully saturated rings. The third kappa shape index (κ3) is 3.58. The van der Waals surface area contributed by atoms with Crippen LogP contribution in [0, 0.1) is 17.2 Å². The second-order valence-corrected chi connectivity index (χ2v) is 4.11. The molecule has 0 aliphatic rings. The number of carbonyl (C=O) groups is 1. The lowest BCUT2D eigenvalue weighted by Crippen LogP contribution is -2.38. The van der Waals surface area contributed by atoms with E-state index in [2.05, 4.69) is 5.32 Å². The monoisotopic (exact) mass is 232 g/mol. The zero-order valence-corrected chi connectivity index (χ0v) is 9.97. The first kappa shape index (κ1) is 13.2. The fourth-order valence-corrected chi connectivity index (χ4v) is 1.29. The largest absolute Gasteiger partial charge is 0.396 e. The molecule has 0 radical (unpaired) electrons. The number of amides is 1. The Labute approximate surface area is 101 Å². The minimum Gasteiger partial charge on any atom is -0.396 e. The van der Waals surface area contributed by atoms with Crippen LogP contribution >= 0.6 is 0 Å². The van der Waals surface area contributed by atoms with E-state index in [-0.39, 0.29) is 24.5 Å². The summed E-state index contributed by atoms with van der Waals surface area (Å²) in [6, 6.07) is 8.35. The zero-order chi connectivity index (χ0) is 12.8. The highest BCUT2D eigenvalue weighted by molar-refractivity contribution is 5.94. The van der Waals surface area contributed by atoms with E-state index in [0.717, 1.165) is 0 Å². The van der Waals surface area contributed by atoms with Crippen LogP contribution in [0.4, 0.5) is 0 Å². The van der Waals surface area contributed by atoms with E-state index < -0.39 is 0 Å². The van der Waals surface area contributed by atoms with E-state index in [1.807, 2.05) is 19.9 Å². The Hall–Kier alpha value is -1.86. The molecule has 4 heteroatoms. The van der Waals surface area contributed by atoms with Crippen LogP contribution in [0.25, 0.3) is 0 Å². The van der Waals surface area contributed by atoms with Gasteiger partial charge in [0.2, 0.25) is 0 Å². The van der Waals surface area contributed by atoms with Gasteiger partial charge < -0.3 is 10.4 Å². The lowest BCUT2D eigenvalue weighted by molar-refractivity contribution is 0.0916. The summed E-state index contributed by atoms with van der Waals surface area (Å²) in [6.07, 6.45) is 0. The standard InChI is InChI=1S/C13H16N2O2/c1-9(8-16)10(2)15-13(17)12-5-3-11(7-14)4-6-12/h3-6,9-10,16H,8H2,1-2H3,(H,15,17). The van der Waals surface area contributed by atoms with Crippen LogP contribution in [0.2, 0.25) is 0 Å². The number of carbonyl (C=O) groups excluding carboxylic acids is 1. The second kappa shape index (κ2) is 6.02. The lowest BCUT2D eigenvalue weighted by Gasteiger charge is -2.19. The molecule has 1 amide bonds. The van der Waals surface area contributed by atoms with Gasteiger partial charge in [0.1, 0.15) is 0 Å². The van der Waals surface area contributed by atoms with E-state index in [1.165, 1.54) is 0 Å². The van der Waals surface area contributed by atoms with E-state index in [9.17, 15) is 4.79 Å². The van der Waals surface area contributed by atoms with Crippen molar-refractivity contribution in [3.8, 4) is 6.07 Å². The summed E-state index contributed by atoms with van der Waals surface area (Å²) in [5.74, 6) is -0.181. The molecule has 0 saturated heterocycles. The van der Waals surface area contributed by atoms with Gasteiger partial charge in [0.25, 0.3) is 5.91 Å². The first-order chi connectivity index (χ1) is 8.08. The number of nitrogens with one attached hydrogen (secondary N) is 1. The van der Waals surface area contributed by atoms with Gasteiger partial charge in [0.05, 0.1) is 11.6 Å². The maximum absolute atomic E-state index is 11.8. The second-order valence-electron chi connectivity index (χ2n) is 4.11. The number of hydrogen-bond donors (Lipinski definition) is 2. The Bertz CT molecular complexity index is 420. The van der Waals surface area contributed by atoms with Crippen LogP contribution in [-0.2, 0) is 0 Å². The molecular weight excluding hydrogens is 216 g/mol. The molecule has 0 aliphatic heterocycles. The van der Waals surface area contributed by atoms with E-state index >= 15 is 0 Å². The van der Waals surface area contributed by atoms with Gasteiger partial charge in [-0.15, -0.1) is 0 Å². The SMILES string of the molecule is CC(CO)C(C)NC(=O)c1ccc(C#N)cc1. The number of aliphatic hydroxyl groups is 1. The third-order valence-electron chi connectivity index (χ3n) is 2.78. The first-order valence-electron chi connectivity index (χ1n) is 5.50. The van der Waals surface area contributed by atoms with Gasteiger partial charge in [-0.05, 0) is 37.1 Å². The molecule has 4 nitrogen and oxygen atoms in total. The average molecular weight is 232 g/mol. The summed E-state index contributed by atoms with van der Waals surface area (Å²) in [7, 11) is 0. The molecule has 0 heterocycles. The third-order valence-corrected chi connectivity index (χ3v) is 2.78. The summed E-state index contributed by atoms with van der Waals surface area (Å²) in [5, 5.41) is 20.4. The first-order valence-corrected chi connectivity index (χ1v) is 5.50. The summed E-state index contributed by atoms with van der Waals surface area (Å²) >= 11 is 0. The lowest BCUT2D eigenvalue weighted by atomic mass is 10.0. The van der Waals surface area contributed by atoms with Gasteiger partial charge in [-0.3, -0.25) is 4.79 Å². The fraction of sp³-hybridized carbons (Fsp3) is 0.385. The van der Waals surface area contributed by atoms with Gasteiger partial charge >= 0.3 is 0 Å². The van der Waals surface area contributed by atoms with Crippen molar-refractivity contribution in [2.24, 2.45) is 5.92 Å². The summed E-state index contributed by atoms with van der Waals surface area (Å²) < 4.78 is 0. The van der Waals surface area contributed by atoms with Crippen molar-refractivity contribution < 1.29 is 9.90 Å². The molecule has 0 spiro atoms. The predicted molar refractivity (Wildman–Crippen MR) is 64.3 cm³/mol.